The van der Waals surface area contributed by atoms with Crippen LogP contribution in [0, 0.1) is 0 Å². The van der Waals surface area contributed by atoms with Crippen molar-refractivity contribution in [2.24, 2.45) is 0 Å². The number of benzene rings is 2. The molecule has 3 heteroatoms. The van der Waals surface area contributed by atoms with Crippen LogP contribution >= 0.6 is 0 Å². The molecule has 0 saturated heterocycles. The molecule has 2 rings (SSSR count). The lowest BCUT2D eigenvalue weighted by Gasteiger charge is -2.41. The quantitative estimate of drug-likeness (QED) is 0.728. The summed E-state index contributed by atoms with van der Waals surface area (Å²) in [5.41, 5.74) is 0.962. The molecule has 0 aromatic heterocycles. The van der Waals surface area contributed by atoms with Crippen LogP contribution in [-0.4, -0.2) is 30.6 Å². The van der Waals surface area contributed by atoms with E-state index in [2.05, 4.69) is 18.7 Å². The van der Waals surface area contributed by atoms with Crippen molar-refractivity contribution in [3.05, 3.63) is 71.8 Å². The van der Waals surface area contributed by atoms with Crippen LogP contribution < -0.4 is 0 Å². The highest BCUT2D eigenvalue weighted by molar-refractivity contribution is 5.87. The number of hydrogen-bond acceptors (Lipinski definition) is 3. The Hall–Kier alpha value is -2.13. The number of ether oxygens (including phenoxy) is 1. The molecule has 0 fully saturated rings. The van der Waals surface area contributed by atoms with Crippen molar-refractivity contribution in [1.29, 1.82) is 0 Å². The first-order valence-corrected chi connectivity index (χ1v) is 8.25. The summed E-state index contributed by atoms with van der Waals surface area (Å²) in [6, 6.07) is 19.8. The fourth-order valence-corrected chi connectivity index (χ4v) is 3.19. The van der Waals surface area contributed by atoms with Gasteiger partial charge in [-0.05, 0) is 31.1 Å². The van der Waals surface area contributed by atoms with E-state index in [-0.39, 0.29) is 5.97 Å². The third-order valence-electron chi connectivity index (χ3n) is 4.19. The lowest BCUT2D eigenvalue weighted by molar-refractivity contribution is -0.155. The van der Waals surface area contributed by atoms with Crippen molar-refractivity contribution in [1.82, 2.24) is 4.90 Å². The predicted octanol–water partition coefficient (Wildman–Crippen LogP) is 3.84. The number of carbonyl (C=O) groups is 1. The standard InChI is InChI=1S/C20H25NO2/c1-4-21(5-2)20(19(22)23-6-3,17-13-9-7-10-14-17)18-15-11-8-12-16-18/h7-16H,4-6H2,1-3H3. The molecule has 2 aromatic rings. The average Bonchev–Trinajstić information content (AvgIpc) is 2.61. The Balaban J connectivity index is 2.75. The SMILES string of the molecule is CCOC(=O)C(c1ccccc1)(c1ccccc1)N(CC)CC. The maximum absolute atomic E-state index is 13.2. The number of nitrogens with zero attached hydrogens (tertiary/aromatic N) is 1. The number of carbonyl (C=O) groups excluding carboxylic acids is 1. The molecule has 0 amide bonds. The van der Waals surface area contributed by atoms with Crippen molar-refractivity contribution in [2.45, 2.75) is 26.3 Å². The van der Waals surface area contributed by atoms with Crippen LogP contribution in [0.15, 0.2) is 60.7 Å². The van der Waals surface area contributed by atoms with Gasteiger partial charge in [0.05, 0.1) is 6.61 Å². The van der Waals surface area contributed by atoms with Gasteiger partial charge in [-0.3, -0.25) is 4.90 Å². The summed E-state index contributed by atoms with van der Waals surface area (Å²) in [6.07, 6.45) is 0. The zero-order chi connectivity index (χ0) is 16.7. The van der Waals surface area contributed by atoms with Gasteiger partial charge in [0.25, 0.3) is 0 Å². The molecule has 2 aromatic carbocycles. The highest BCUT2D eigenvalue weighted by Crippen LogP contribution is 2.37. The summed E-state index contributed by atoms with van der Waals surface area (Å²) in [5.74, 6) is -0.221. The van der Waals surface area contributed by atoms with Gasteiger partial charge < -0.3 is 4.74 Å². The van der Waals surface area contributed by atoms with E-state index in [1.807, 2.05) is 67.6 Å². The first-order chi connectivity index (χ1) is 11.2. The van der Waals surface area contributed by atoms with Crippen LogP contribution in [0.1, 0.15) is 31.9 Å². The topological polar surface area (TPSA) is 29.5 Å². The first-order valence-electron chi connectivity index (χ1n) is 8.25. The molecule has 0 heterocycles. The Bertz CT molecular complexity index is 567. The van der Waals surface area contributed by atoms with Gasteiger partial charge >= 0.3 is 5.97 Å². The second-order valence-electron chi connectivity index (χ2n) is 5.34. The number of likely N-dealkylation sites (N-methyl/N-ethyl adjacent to an activating group) is 1. The van der Waals surface area contributed by atoms with E-state index in [9.17, 15) is 4.79 Å². The fourth-order valence-electron chi connectivity index (χ4n) is 3.19. The Morgan fingerprint density at radius 1 is 0.870 bits per heavy atom. The first kappa shape index (κ1) is 17.2. The summed E-state index contributed by atoms with van der Waals surface area (Å²) in [6.45, 7) is 7.85. The predicted molar refractivity (Wildman–Crippen MR) is 93.2 cm³/mol. The van der Waals surface area contributed by atoms with Crippen LogP contribution in [0.4, 0.5) is 0 Å². The van der Waals surface area contributed by atoms with Gasteiger partial charge in [0, 0.05) is 0 Å². The average molecular weight is 311 g/mol. The summed E-state index contributed by atoms with van der Waals surface area (Å²) in [5, 5.41) is 0. The molecular weight excluding hydrogens is 286 g/mol. The van der Waals surface area contributed by atoms with Crippen LogP contribution in [0.2, 0.25) is 0 Å². The Morgan fingerprint density at radius 2 is 1.30 bits per heavy atom. The van der Waals surface area contributed by atoms with Crippen molar-refractivity contribution >= 4 is 5.97 Å². The van der Waals surface area contributed by atoms with Crippen LogP contribution in [0.3, 0.4) is 0 Å². The van der Waals surface area contributed by atoms with E-state index in [0.717, 1.165) is 24.2 Å². The third-order valence-corrected chi connectivity index (χ3v) is 4.19. The summed E-state index contributed by atoms with van der Waals surface area (Å²) in [7, 11) is 0. The molecule has 23 heavy (non-hydrogen) atoms. The summed E-state index contributed by atoms with van der Waals surface area (Å²) < 4.78 is 5.52. The van der Waals surface area contributed by atoms with Crippen LogP contribution in [-0.2, 0) is 15.1 Å². The van der Waals surface area contributed by atoms with Gasteiger partial charge in [-0.2, -0.15) is 0 Å². The zero-order valence-electron chi connectivity index (χ0n) is 14.2. The molecule has 0 saturated carbocycles. The maximum Gasteiger partial charge on any atom is 0.335 e. The second kappa shape index (κ2) is 7.93. The van der Waals surface area contributed by atoms with Crippen molar-refractivity contribution in [3.8, 4) is 0 Å². The van der Waals surface area contributed by atoms with Crippen LogP contribution in [0.5, 0.6) is 0 Å². The minimum absolute atomic E-state index is 0.221. The Morgan fingerprint density at radius 3 is 1.65 bits per heavy atom. The van der Waals surface area contributed by atoms with Gasteiger partial charge in [0.15, 0.2) is 5.54 Å². The van der Waals surface area contributed by atoms with E-state index in [4.69, 9.17) is 4.74 Å². The minimum Gasteiger partial charge on any atom is -0.464 e. The molecule has 122 valence electrons. The van der Waals surface area contributed by atoms with Gasteiger partial charge in [-0.15, -0.1) is 0 Å². The largest absolute Gasteiger partial charge is 0.464 e. The lowest BCUT2D eigenvalue weighted by Crippen LogP contribution is -2.53. The molecule has 0 aliphatic heterocycles. The number of esters is 1. The molecule has 0 spiro atoms. The van der Waals surface area contributed by atoms with Crippen molar-refractivity contribution < 1.29 is 9.53 Å². The second-order valence-corrected chi connectivity index (χ2v) is 5.34. The van der Waals surface area contributed by atoms with Gasteiger partial charge in [-0.1, -0.05) is 74.5 Å². The molecular formula is C20H25NO2. The van der Waals surface area contributed by atoms with E-state index < -0.39 is 5.54 Å². The third kappa shape index (κ3) is 3.15. The molecule has 0 aliphatic rings. The van der Waals surface area contributed by atoms with Crippen LogP contribution in [0.25, 0.3) is 0 Å². The number of rotatable bonds is 7. The van der Waals surface area contributed by atoms with Crippen molar-refractivity contribution in [2.75, 3.05) is 19.7 Å². The van der Waals surface area contributed by atoms with E-state index >= 15 is 0 Å². The maximum atomic E-state index is 13.2. The Kier molecular flexibility index (Phi) is 5.94. The van der Waals surface area contributed by atoms with Crippen molar-refractivity contribution in [3.63, 3.8) is 0 Å². The highest BCUT2D eigenvalue weighted by Gasteiger charge is 2.47. The monoisotopic (exact) mass is 311 g/mol. The molecule has 0 aliphatic carbocycles. The van der Waals surface area contributed by atoms with Gasteiger partial charge in [-0.25, -0.2) is 4.79 Å². The smallest absolute Gasteiger partial charge is 0.335 e. The molecule has 3 nitrogen and oxygen atoms in total. The van der Waals surface area contributed by atoms with E-state index in [1.165, 1.54) is 0 Å². The number of hydrogen-bond donors (Lipinski definition) is 0. The van der Waals surface area contributed by atoms with E-state index in [1.54, 1.807) is 0 Å². The van der Waals surface area contributed by atoms with E-state index in [0.29, 0.717) is 6.61 Å². The molecule has 0 unspecified atom stereocenters. The molecule has 0 radical (unpaired) electrons. The fraction of sp³-hybridized carbons (Fsp3) is 0.350. The Labute approximate surface area is 138 Å². The minimum atomic E-state index is -0.915. The van der Waals surface area contributed by atoms with Gasteiger partial charge in [0.1, 0.15) is 0 Å². The lowest BCUT2D eigenvalue weighted by atomic mass is 9.81. The van der Waals surface area contributed by atoms with Gasteiger partial charge in [0.2, 0.25) is 0 Å². The normalized spacial score (nSPS) is 11.5. The highest BCUT2D eigenvalue weighted by atomic mass is 16.5. The zero-order valence-corrected chi connectivity index (χ0v) is 14.2. The summed E-state index contributed by atoms with van der Waals surface area (Å²) >= 11 is 0. The molecule has 0 atom stereocenters. The molecule has 0 N–H and O–H groups in total. The summed E-state index contributed by atoms with van der Waals surface area (Å²) in [4.78, 5) is 15.3. The molecule has 0 bridgehead atoms.